The van der Waals surface area contributed by atoms with Gasteiger partial charge in [-0.05, 0) is 30.3 Å². The lowest BCUT2D eigenvalue weighted by Crippen LogP contribution is -2.15. The molecule has 0 aliphatic heterocycles. The second kappa shape index (κ2) is 8.39. The summed E-state index contributed by atoms with van der Waals surface area (Å²) in [5.41, 5.74) is 1.08. The van der Waals surface area contributed by atoms with E-state index in [9.17, 15) is 10.1 Å². The standard InChI is InChI=1S/C18H13ClN4O2/c1-25-17-7-6-14(8-15(17)19)22-11-13(10-21)18(24)23-16-5-3-2-4-12(16)9-20/h2-8,11,22H,1H3,(H,23,24)/b13-11-. The molecule has 0 aliphatic carbocycles. The Hall–Kier alpha value is -3.48. The fraction of sp³-hybridized carbons (Fsp3) is 0.0556. The number of halogens is 1. The monoisotopic (exact) mass is 352 g/mol. The molecule has 0 saturated carbocycles. The topological polar surface area (TPSA) is 97.9 Å². The molecule has 0 atom stereocenters. The Bertz CT molecular complexity index is 910. The highest BCUT2D eigenvalue weighted by Gasteiger charge is 2.11. The van der Waals surface area contributed by atoms with E-state index in [4.69, 9.17) is 21.6 Å². The lowest BCUT2D eigenvalue weighted by atomic mass is 10.2. The van der Waals surface area contributed by atoms with Gasteiger partial charge in [0.2, 0.25) is 0 Å². The molecular formula is C18H13ClN4O2. The molecule has 0 radical (unpaired) electrons. The highest BCUT2D eigenvalue weighted by molar-refractivity contribution is 6.32. The van der Waals surface area contributed by atoms with Crippen molar-refractivity contribution in [2.75, 3.05) is 17.7 Å². The summed E-state index contributed by atoms with van der Waals surface area (Å²) in [5, 5.41) is 24.0. The average Bonchev–Trinajstić information content (AvgIpc) is 2.63. The third-order valence-corrected chi connectivity index (χ3v) is 3.49. The van der Waals surface area contributed by atoms with Crippen LogP contribution >= 0.6 is 11.6 Å². The van der Waals surface area contributed by atoms with Crippen LogP contribution in [0.25, 0.3) is 0 Å². The van der Waals surface area contributed by atoms with Crippen LogP contribution in [0.15, 0.2) is 54.2 Å². The van der Waals surface area contributed by atoms with Crippen LogP contribution in [0.5, 0.6) is 5.75 Å². The zero-order chi connectivity index (χ0) is 18.2. The number of anilines is 2. The van der Waals surface area contributed by atoms with Crippen molar-refractivity contribution in [1.82, 2.24) is 0 Å². The summed E-state index contributed by atoms with van der Waals surface area (Å²) in [5.74, 6) is -0.111. The normalized spacial score (nSPS) is 10.3. The van der Waals surface area contributed by atoms with Gasteiger partial charge < -0.3 is 15.4 Å². The van der Waals surface area contributed by atoms with Crippen molar-refractivity contribution in [3.8, 4) is 17.9 Å². The van der Waals surface area contributed by atoms with E-state index < -0.39 is 5.91 Å². The molecule has 0 unspecified atom stereocenters. The summed E-state index contributed by atoms with van der Waals surface area (Å²) >= 11 is 6.02. The smallest absolute Gasteiger partial charge is 0.267 e. The van der Waals surface area contributed by atoms with E-state index >= 15 is 0 Å². The van der Waals surface area contributed by atoms with E-state index in [0.717, 1.165) is 0 Å². The number of hydrogen-bond acceptors (Lipinski definition) is 5. The number of nitriles is 2. The highest BCUT2D eigenvalue weighted by atomic mass is 35.5. The maximum atomic E-state index is 12.2. The SMILES string of the molecule is COc1ccc(N/C=C(/C#N)C(=O)Nc2ccccc2C#N)cc1Cl. The van der Waals surface area contributed by atoms with E-state index in [-0.39, 0.29) is 5.57 Å². The van der Waals surface area contributed by atoms with Crippen molar-refractivity contribution >= 4 is 28.9 Å². The molecule has 0 saturated heterocycles. The number of nitrogens with zero attached hydrogens (tertiary/aromatic N) is 2. The minimum absolute atomic E-state index is 0.153. The van der Waals surface area contributed by atoms with Gasteiger partial charge in [-0.25, -0.2) is 0 Å². The fourth-order valence-electron chi connectivity index (χ4n) is 1.94. The molecule has 2 rings (SSSR count). The van der Waals surface area contributed by atoms with E-state index in [2.05, 4.69) is 10.6 Å². The van der Waals surface area contributed by atoms with Crippen LogP contribution in [0, 0.1) is 22.7 Å². The number of ether oxygens (including phenoxy) is 1. The Labute approximate surface area is 149 Å². The van der Waals surface area contributed by atoms with Crippen molar-refractivity contribution in [2.24, 2.45) is 0 Å². The number of para-hydroxylation sites is 1. The van der Waals surface area contributed by atoms with Gasteiger partial charge in [0.1, 0.15) is 23.5 Å². The molecule has 0 spiro atoms. The fourth-order valence-corrected chi connectivity index (χ4v) is 2.20. The van der Waals surface area contributed by atoms with Crippen LogP contribution in [-0.4, -0.2) is 13.0 Å². The van der Waals surface area contributed by atoms with E-state index in [1.807, 2.05) is 12.1 Å². The summed E-state index contributed by atoms with van der Waals surface area (Å²) in [7, 11) is 1.51. The third-order valence-electron chi connectivity index (χ3n) is 3.20. The molecule has 0 bridgehead atoms. The minimum atomic E-state index is -0.627. The number of hydrogen-bond donors (Lipinski definition) is 2. The molecule has 0 aliphatic rings. The molecule has 2 N–H and O–H groups in total. The van der Waals surface area contributed by atoms with Gasteiger partial charge in [-0.3, -0.25) is 4.79 Å². The first-order chi connectivity index (χ1) is 12.1. The lowest BCUT2D eigenvalue weighted by molar-refractivity contribution is -0.112. The predicted octanol–water partition coefficient (Wildman–Crippen LogP) is 3.68. The van der Waals surface area contributed by atoms with Gasteiger partial charge in [0.25, 0.3) is 5.91 Å². The van der Waals surface area contributed by atoms with Crippen molar-refractivity contribution in [1.29, 1.82) is 10.5 Å². The van der Waals surface area contributed by atoms with Crippen molar-refractivity contribution in [2.45, 2.75) is 0 Å². The van der Waals surface area contributed by atoms with Crippen molar-refractivity contribution in [3.05, 3.63) is 64.8 Å². The highest BCUT2D eigenvalue weighted by Crippen LogP contribution is 2.27. The molecule has 6 nitrogen and oxygen atoms in total. The van der Waals surface area contributed by atoms with Gasteiger partial charge in [0.15, 0.2) is 0 Å². The Balaban J connectivity index is 2.14. The Morgan fingerprint density at radius 3 is 2.64 bits per heavy atom. The lowest BCUT2D eigenvalue weighted by Gasteiger charge is -2.08. The van der Waals surface area contributed by atoms with Crippen LogP contribution in [0.3, 0.4) is 0 Å². The number of rotatable bonds is 5. The van der Waals surface area contributed by atoms with Crippen LogP contribution in [0.1, 0.15) is 5.56 Å². The van der Waals surface area contributed by atoms with Gasteiger partial charge in [-0.15, -0.1) is 0 Å². The van der Waals surface area contributed by atoms with Gasteiger partial charge in [-0.2, -0.15) is 10.5 Å². The molecule has 0 aromatic heterocycles. The first-order valence-electron chi connectivity index (χ1n) is 7.10. The number of carbonyl (C=O) groups excluding carboxylic acids is 1. The molecule has 1 amide bonds. The molecule has 2 aromatic carbocycles. The Morgan fingerprint density at radius 1 is 1.24 bits per heavy atom. The molecular weight excluding hydrogens is 340 g/mol. The first-order valence-corrected chi connectivity index (χ1v) is 7.47. The largest absolute Gasteiger partial charge is 0.495 e. The summed E-state index contributed by atoms with van der Waals surface area (Å²) in [4.78, 5) is 12.2. The Kier molecular flexibility index (Phi) is 6.00. The van der Waals surface area contributed by atoms with Gasteiger partial charge >= 0.3 is 0 Å². The number of methoxy groups -OCH3 is 1. The Morgan fingerprint density at radius 2 is 2.00 bits per heavy atom. The van der Waals surface area contributed by atoms with Gasteiger partial charge in [0.05, 0.1) is 23.4 Å². The second-order valence-electron chi connectivity index (χ2n) is 4.77. The minimum Gasteiger partial charge on any atom is -0.495 e. The van der Waals surface area contributed by atoms with Crippen molar-refractivity contribution in [3.63, 3.8) is 0 Å². The molecule has 25 heavy (non-hydrogen) atoms. The zero-order valence-electron chi connectivity index (χ0n) is 13.2. The maximum absolute atomic E-state index is 12.2. The summed E-state index contributed by atoms with van der Waals surface area (Å²) in [6.07, 6.45) is 1.27. The number of benzene rings is 2. The molecule has 0 fully saturated rings. The summed E-state index contributed by atoms with van der Waals surface area (Å²) in [6, 6.07) is 15.3. The van der Waals surface area contributed by atoms with Crippen molar-refractivity contribution < 1.29 is 9.53 Å². The number of amides is 1. The molecule has 0 heterocycles. The summed E-state index contributed by atoms with van der Waals surface area (Å²) < 4.78 is 5.06. The van der Waals surface area contributed by atoms with Crippen LogP contribution in [0.2, 0.25) is 5.02 Å². The quantitative estimate of drug-likeness (QED) is 0.631. The van der Waals surface area contributed by atoms with E-state index in [1.165, 1.54) is 13.3 Å². The van der Waals surface area contributed by atoms with Crippen LogP contribution in [0.4, 0.5) is 11.4 Å². The first kappa shape index (κ1) is 17.9. The second-order valence-corrected chi connectivity index (χ2v) is 5.18. The molecule has 124 valence electrons. The average molecular weight is 353 g/mol. The number of carbonyl (C=O) groups is 1. The van der Waals surface area contributed by atoms with E-state index in [1.54, 1.807) is 42.5 Å². The third kappa shape index (κ3) is 4.51. The van der Waals surface area contributed by atoms with Crippen LogP contribution in [-0.2, 0) is 4.79 Å². The summed E-state index contributed by atoms with van der Waals surface area (Å²) in [6.45, 7) is 0. The van der Waals surface area contributed by atoms with E-state index in [0.29, 0.717) is 27.7 Å². The molecule has 2 aromatic rings. The number of nitrogens with one attached hydrogen (secondary N) is 2. The predicted molar refractivity (Wildman–Crippen MR) is 95.1 cm³/mol. The van der Waals surface area contributed by atoms with Gasteiger partial charge in [0, 0.05) is 11.9 Å². The maximum Gasteiger partial charge on any atom is 0.267 e. The van der Waals surface area contributed by atoms with Gasteiger partial charge in [-0.1, -0.05) is 23.7 Å². The zero-order valence-corrected chi connectivity index (χ0v) is 14.0. The van der Waals surface area contributed by atoms with Crippen LogP contribution < -0.4 is 15.4 Å². The molecule has 7 heteroatoms.